The second-order valence-electron chi connectivity index (χ2n) is 6.74. The Morgan fingerprint density at radius 1 is 0.966 bits per heavy atom. The number of aliphatic carboxylic acids is 1. The first-order valence-electron chi connectivity index (χ1n) is 9.25. The van der Waals surface area contributed by atoms with Crippen molar-refractivity contribution in [2.24, 2.45) is 0 Å². The van der Waals surface area contributed by atoms with Gasteiger partial charge in [0.15, 0.2) is 0 Å². The summed E-state index contributed by atoms with van der Waals surface area (Å²) >= 11 is 0. The molecule has 4 rings (SSSR count). The summed E-state index contributed by atoms with van der Waals surface area (Å²) in [6, 6.07) is 24.3. The second kappa shape index (κ2) is 8.06. The van der Waals surface area contributed by atoms with Gasteiger partial charge in [-0.05, 0) is 35.4 Å². The maximum atomic E-state index is 13.2. The van der Waals surface area contributed by atoms with E-state index in [2.05, 4.69) is 5.32 Å². The third kappa shape index (κ3) is 4.06. The number of ether oxygens (including phenoxy) is 1. The molecule has 0 bridgehead atoms. The smallest absolute Gasteiger partial charge is 0.258 e. The average Bonchev–Trinajstić information content (AvgIpc) is 2.75. The van der Waals surface area contributed by atoms with Gasteiger partial charge in [0, 0.05) is 12.2 Å². The molecule has 0 saturated heterocycles. The zero-order valence-corrected chi connectivity index (χ0v) is 15.6. The average molecular weight is 387 g/mol. The molecule has 1 amide bonds. The Labute approximate surface area is 168 Å². The molecule has 1 atom stereocenters. The van der Waals surface area contributed by atoms with Crippen molar-refractivity contribution in [1.29, 1.82) is 0 Å². The maximum Gasteiger partial charge on any atom is 0.258 e. The topological polar surface area (TPSA) is 81.7 Å². The third-order valence-corrected chi connectivity index (χ3v) is 4.77. The van der Waals surface area contributed by atoms with Crippen molar-refractivity contribution in [2.75, 3.05) is 11.9 Å². The number of carboxylic acids is 1. The lowest BCUT2D eigenvalue weighted by Gasteiger charge is -2.38. The highest BCUT2D eigenvalue weighted by atomic mass is 16.5. The number of nitrogens with zero attached hydrogens (tertiary/aromatic N) is 1. The van der Waals surface area contributed by atoms with Gasteiger partial charge in [0.05, 0.1) is 11.5 Å². The molecule has 1 heterocycles. The molecular weight excluding hydrogens is 368 g/mol. The van der Waals surface area contributed by atoms with Gasteiger partial charge < -0.3 is 24.9 Å². The molecule has 6 heteroatoms. The van der Waals surface area contributed by atoms with Gasteiger partial charge >= 0.3 is 0 Å². The van der Waals surface area contributed by atoms with E-state index in [1.54, 1.807) is 17.0 Å². The van der Waals surface area contributed by atoms with Crippen LogP contribution < -0.4 is 15.2 Å². The van der Waals surface area contributed by atoms with Crippen LogP contribution >= 0.6 is 0 Å². The number of amides is 1. The molecule has 146 valence electrons. The lowest BCUT2D eigenvalue weighted by Crippen LogP contribution is -2.42. The number of carbonyl (C=O) groups is 2. The van der Waals surface area contributed by atoms with Crippen molar-refractivity contribution >= 4 is 17.6 Å². The van der Waals surface area contributed by atoms with Crippen LogP contribution in [0.5, 0.6) is 5.75 Å². The number of benzene rings is 3. The Balaban J connectivity index is 1.65. The molecule has 29 heavy (non-hydrogen) atoms. The molecule has 3 aromatic rings. The number of carboxylic acid groups (broad SMARTS) is 1. The number of nitrogens with one attached hydrogen (secondary N) is 1. The standard InChI is InChI=1S/C23H20N2O4/c26-21(27)15-29-18-12-10-17(11-13-18)22-24-20-9-5-4-8-19(20)23(28)25(22)14-16-6-2-1-3-7-16/h1-13,22,24H,14-15H2,(H,26,27)/p-1/t22-/m1/s1. The summed E-state index contributed by atoms with van der Waals surface area (Å²) in [7, 11) is 0. The van der Waals surface area contributed by atoms with Gasteiger partial charge in [-0.1, -0.05) is 54.6 Å². The number of fused-ring (bicyclic) bond motifs is 1. The molecule has 1 aliphatic rings. The molecule has 1 aliphatic heterocycles. The highest BCUT2D eigenvalue weighted by molar-refractivity contribution is 6.01. The zero-order chi connectivity index (χ0) is 20.2. The minimum atomic E-state index is -1.28. The van der Waals surface area contributed by atoms with Gasteiger partial charge in [0.25, 0.3) is 5.91 Å². The van der Waals surface area contributed by atoms with Crippen molar-refractivity contribution in [3.05, 3.63) is 95.6 Å². The molecule has 0 saturated carbocycles. The fraction of sp³-hybridized carbons (Fsp3) is 0.130. The van der Waals surface area contributed by atoms with E-state index in [1.165, 1.54) is 0 Å². The molecular formula is C23H19N2O4-. The summed E-state index contributed by atoms with van der Waals surface area (Å²) in [5.74, 6) is -0.903. The molecule has 1 N–H and O–H groups in total. The Morgan fingerprint density at radius 2 is 1.66 bits per heavy atom. The van der Waals surface area contributed by atoms with E-state index in [4.69, 9.17) is 4.74 Å². The Bertz CT molecular complexity index is 1020. The van der Waals surface area contributed by atoms with Crippen LogP contribution in [0.15, 0.2) is 78.9 Å². The summed E-state index contributed by atoms with van der Waals surface area (Å²) in [6.07, 6.45) is -0.368. The van der Waals surface area contributed by atoms with Gasteiger partial charge in [-0.3, -0.25) is 4.79 Å². The molecule has 0 aromatic heterocycles. The van der Waals surface area contributed by atoms with Crippen LogP contribution in [0.25, 0.3) is 0 Å². The summed E-state index contributed by atoms with van der Waals surface area (Å²) in [4.78, 5) is 25.6. The number of para-hydroxylation sites is 1. The second-order valence-corrected chi connectivity index (χ2v) is 6.74. The van der Waals surface area contributed by atoms with Crippen LogP contribution in [-0.2, 0) is 11.3 Å². The van der Waals surface area contributed by atoms with E-state index >= 15 is 0 Å². The lowest BCUT2D eigenvalue weighted by molar-refractivity contribution is -0.307. The van der Waals surface area contributed by atoms with E-state index in [0.29, 0.717) is 17.9 Å². The summed E-state index contributed by atoms with van der Waals surface area (Å²) in [5.41, 5.74) is 3.31. The van der Waals surface area contributed by atoms with Crippen molar-refractivity contribution in [3.63, 3.8) is 0 Å². The van der Waals surface area contributed by atoms with Crippen LogP contribution in [0.4, 0.5) is 5.69 Å². The fourth-order valence-corrected chi connectivity index (χ4v) is 3.39. The lowest BCUT2D eigenvalue weighted by atomic mass is 10.0. The van der Waals surface area contributed by atoms with Gasteiger partial charge in [0.1, 0.15) is 18.5 Å². The van der Waals surface area contributed by atoms with Crippen LogP contribution in [0, 0.1) is 0 Å². The highest BCUT2D eigenvalue weighted by Crippen LogP contribution is 2.34. The predicted molar refractivity (Wildman–Crippen MR) is 106 cm³/mol. The Kier molecular flexibility index (Phi) is 5.16. The van der Waals surface area contributed by atoms with Crippen molar-refractivity contribution < 1.29 is 19.4 Å². The monoisotopic (exact) mass is 387 g/mol. The minimum Gasteiger partial charge on any atom is -0.546 e. The first-order chi connectivity index (χ1) is 14.1. The quantitative estimate of drug-likeness (QED) is 0.703. The van der Waals surface area contributed by atoms with Crippen LogP contribution in [0.2, 0.25) is 0 Å². The minimum absolute atomic E-state index is 0.0505. The molecule has 3 aromatic carbocycles. The van der Waals surface area contributed by atoms with Crippen LogP contribution in [-0.4, -0.2) is 23.4 Å². The van der Waals surface area contributed by atoms with Crippen molar-refractivity contribution in [3.8, 4) is 5.75 Å². The van der Waals surface area contributed by atoms with Gasteiger partial charge in [-0.25, -0.2) is 0 Å². The number of anilines is 1. The third-order valence-electron chi connectivity index (χ3n) is 4.77. The van der Waals surface area contributed by atoms with E-state index in [9.17, 15) is 14.7 Å². The summed E-state index contributed by atoms with van der Waals surface area (Å²) in [6.45, 7) is -0.0539. The highest BCUT2D eigenvalue weighted by Gasteiger charge is 2.32. The molecule has 0 spiro atoms. The van der Waals surface area contributed by atoms with E-state index < -0.39 is 12.6 Å². The van der Waals surface area contributed by atoms with Gasteiger partial charge in [-0.15, -0.1) is 0 Å². The van der Waals surface area contributed by atoms with E-state index in [0.717, 1.165) is 16.8 Å². The number of hydrogen-bond donors (Lipinski definition) is 1. The zero-order valence-electron chi connectivity index (χ0n) is 15.6. The van der Waals surface area contributed by atoms with Crippen LogP contribution in [0.1, 0.15) is 27.7 Å². The number of rotatable bonds is 6. The molecule has 0 aliphatic carbocycles. The normalized spacial score (nSPS) is 15.4. The SMILES string of the molecule is O=C([O-])COc1ccc([C@@H]2Nc3ccccc3C(=O)N2Cc2ccccc2)cc1. The predicted octanol–water partition coefficient (Wildman–Crippen LogP) is 2.58. The van der Waals surface area contributed by atoms with E-state index in [1.807, 2.05) is 66.7 Å². The molecule has 6 nitrogen and oxygen atoms in total. The Hall–Kier alpha value is -3.80. The summed E-state index contributed by atoms with van der Waals surface area (Å²) in [5, 5.41) is 14.0. The Morgan fingerprint density at radius 3 is 2.38 bits per heavy atom. The first kappa shape index (κ1) is 18.6. The summed E-state index contributed by atoms with van der Waals surface area (Å²) < 4.78 is 5.15. The van der Waals surface area contributed by atoms with Gasteiger partial charge in [0.2, 0.25) is 0 Å². The van der Waals surface area contributed by atoms with E-state index in [-0.39, 0.29) is 12.1 Å². The first-order valence-corrected chi connectivity index (χ1v) is 9.25. The molecule has 0 unspecified atom stereocenters. The van der Waals surface area contributed by atoms with Crippen LogP contribution in [0.3, 0.4) is 0 Å². The number of carbonyl (C=O) groups excluding carboxylic acids is 2. The van der Waals surface area contributed by atoms with Gasteiger partial charge in [-0.2, -0.15) is 0 Å². The fourth-order valence-electron chi connectivity index (χ4n) is 3.39. The van der Waals surface area contributed by atoms with Crippen molar-refractivity contribution in [1.82, 2.24) is 4.90 Å². The number of hydrogen-bond acceptors (Lipinski definition) is 5. The molecule has 0 radical (unpaired) electrons. The van der Waals surface area contributed by atoms with Crippen molar-refractivity contribution in [2.45, 2.75) is 12.7 Å². The largest absolute Gasteiger partial charge is 0.546 e. The maximum absolute atomic E-state index is 13.2. The molecule has 0 fully saturated rings.